The quantitative estimate of drug-likeness (QED) is 0.0981. The molecule has 12 heteroatoms. The van der Waals surface area contributed by atoms with Gasteiger partial charge < -0.3 is 10.2 Å². The molecule has 7 rings (SSSR count). The van der Waals surface area contributed by atoms with Crippen molar-refractivity contribution in [2.24, 2.45) is 0 Å². The monoisotopic (exact) mass is 1030 g/mol. The van der Waals surface area contributed by atoms with Crippen LogP contribution in [0.1, 0.15) is 193 Å². The predicted molar refractivity (Wildman–Crippen MR) is 302 cm³/mol. The zero-order chi connectivity index (χ0) is 44.5. The highest BCUT2D eigenvalue weighted by Gasteiger charge is 2.42. The number of aromatic hydroxyl groups is 2. The normalized spacial score (nSPS) is 26.6. The fourth-order valence-electron chi connectivity index (χ4n) is 8.95. The summed E-state index contributed by atoms with van der Waals surface area (Å²) in [5.41, 5.74) is 4.65. The Bertz CT molecular complexity index is 1570. The Balaban J connectivity index is 0.000000235. The number of thioether (sulfide) groups is 1. The third-order valence-electron chi connectivity index (χ3n) is 12.7. The van der Waals surface area contributed by atoms with Gasteiger partial charge in [0.25, 0.3) is 0 Å². The van der Waals surface area contributed by atoms with Gasteiger partial charge in [-0.25, -0.2) is 0 Å². The van der Waals surface area contributed by atoms with E-state index in [2.05, 4.69) is 166 Å². The Morgan fingerprint density at radius 3 is 1.24 bits per heavy atom. The van der Waals surface area contributed by atoms with Gasteiger partial charge in [0.1, 0.15) is 11.5 Å². The second-order valence-electron chi connectivity index (χ2n) is 20.1. The van der Waals surface area contributed by atoms with Crippen molar-refractivity contribution in [2.45, 2.75) is 237 Å². The van der Waals surface area contributed by atoms with E-state index in [1.54, 1.807) is 0 Å². The van der Waals surface area contributed by atoms with Crippen LogP contribution in [0, 0.1) is 0 Å². The van der Waals surface area contributed by atoms with E-state index < -0.39 is 0 Å². The van der Waals surface area contributed by atoms with E-state index in [0.29, 0.717) is 11.5 Å². The summed E-state index contributed by atoms with van der Waals surface area (Å²) in [6.45, 7) is 17.6. The number of aryl methyl sites for hydroxylation is 2. The Morgan fingerprint density at radius 1 is 0.452 bits per heavy atom. The standard InChI is InChI=1S/C25H40OS6.C25H40OS4/c1-5-11-21-23-17-24(28-27-23)22(30-32-31-29-21)13-10-8-6-7-9-12-18-14-15-19(20(26)16-18)25(2,3)4;1-5-11-21-23-17-24(27-23)22(29-30-28-21)13-10-8-6-7-9-12-18-14-15-19(20(26)16-18)25(2,3)4/h14-16,21-24,26H,5-13,17H2,1-4H3;14-16,21-24,26H,5-13,17H2,1-4H3. The molecule has 4 bridgehead atoms. The minimum absolute atomic E-state index is 0.000351. The van der Waals surface area contributed by atoms with Gasteiger partial charge in [0.2, 0.25) is 0 Å². The van der Waals surface area contributed by atoms with Crippen LogP contribution in [0.3, 0.4) is 0 Å². The fraction of sp³-hybridized carbons (Fsp3) is 0.760. The lowest BCUT2D eigenvalue weighted by Gasteiger charge is -2.45. The van der Waals surface area contributed by atoms with Crippen LogP contribution in [-0.2, 0) is 23.7 Å². The highest BCUT2D eigenvalue weighted by molar-refractivity contribution is 9.26. The number of benzene rings is 2. The molecule has 2 aromatic rings. The van der Waals surface area contributed by atoms with Crippen molar-refractivity contribution in [1.29, 1.82) is 0 Å². The summed E-state index contributed by atoms with van der Waals surface area (Å²) in [6, 6.07) is 12.6. The zero-order valence-corrected chi connectivity index (χ0v) is 47.4. The number of rotatable bonds is 20. The smallest absolute Gasteiger partial charge is 0.119 e. The summed E-state index contributed by atoms with van der Waals surface area (Å²) in [7, 11) is 19.2. The average molecular weight is 1030 g/mol. The summed E-state index contributed by atoms with van der Waals surface area (Å²) in [4.78, 5) is 0. The fourth-order valence-corrected chi connectivity index (χ4v) is 29.9. The van der Waals surface area contributed by atoms with Crippen LogP contribution in [0.2, 0.25) is 0 Å². The molecule has 8 atom stereocenters. The van der Waals surface area contributed by atoms with Gasteiger partial charge in [0.15, 0.2) is 0 Å². The highest BCUT2D eigenvalue weighted by atomic mass is 33.7. The highest BCUT2D eigenvalue weighted by Crippen LogP contribution is 2.60. The molecule has 5 aliphatic rings. The number of phenolic OH excluding ortho intramolecular Hbond substituents is 2. The maximum Gasteiger partial charge on any atom is 0.119 e. The number of fused-ring (bicyclic) bond motifs is 6. The molecule has 62 heavy (non-hydrogen) atoms. The van der Waals surface area contributed by atoms with Gasteiger partial charge in [-0.2, -0.15) is 11.8 Å². The molecule has 0 saturated carbocycles. The lowest BCUT2D eigenvalue weighted by atomic mass is 9.85. The molecule has 5 fully saturated rings. The summed E-state index contributed by atoms with van der Waals surface area (Å²) in [5, 5.41) is 27.7. The summed E-state index contributed by atoms with van der Waals surface area (Å²) in [5.74, 6) is 0.924. The molecular weight excluding hydrogens is 953 g/mol. The van der Waals surface area contributed by atoms with Crippen LogP contribution in [0.4, 0.5) is 0 Å². The Hall–Kier alpha value is 1.54. The molecule has 352 valence electrons. The summed E-state index contributed by atoms with van der Waals surface area (Å²) in [6.07, 6.45) is 26.5. The lowest BCUT2D eigenvalue weighted by Crippen LogP contribution is -2.41. The van der Waals surface area contributed by atoms with Gasteiger partial charge in [-0.1, -0.05) is 209 Å². The lowest BCUT2D eigenvalue weighted by molar-refractivity contribution is 0.445. The first-order chi connectivity index (χ1) is 29.8. The third kappa shape index (κ3) is 18.1. The largest absolute Gasteiger partial charge is 0.508 e. The van der Waals surface area contributed by atoms with Crippen molar-refractivity contribution in [2.75, 3.05) is 0 Å². The first-order valence-electron chi connectivity index (χ1n) is 24.0. The molecule has 0 aromatic heterocycles. The van der Waals surface area contributed by atoms with E-state index >= 15 is 0 Å². The molecule has 0 spiro atoms. The van der Waals surface area contributed by atoms with Crippen molar-refractivity contribution in [3.8, 4) is 11.5 Å². The molecule has 5 aliphatic heterocycles. The SMILES string of the molecule is CCCC1SSSC(CCCCCCCc2ccc(C(C)(C)C)c(O)c2)C2CC1S2.CCCC1SSSSC(CCCCCCCc2ccc(C(C)(C)C)c(O)c2)C2CC1SS2. The van der Waals surface area contributed by atoms with Gasteiger partial charge in [-0.05, 0) is 139 Å². The summed E-state index contributed by atoms with van der Waals surface area (Å²) < 4.78 is 0. The van der Waals surface area contributed by atoms with Crippen LogP contribution in [0.5, 0.6) is 11.5 Å². The Kier molecular flexibility index (Phi) is 24.8. The van der Waals surface area contributed by atoms with Gasteiger partial charge in [0.05, 0.1) is 0 Å². The first kappa shape index (κ1) is 54.5. The molecule has 0 amide bonds. The van der Waals surface area contributed by atoms with Crippen LogP contribution in [0.15, 0.2) is 36.4 Å². The topological polar surface area (TPSA) is 40.5 Å². The van der Waals surface area contributed by atoms with E-state index in [-0.39, 0.29) is 10.8 Å². The predicted octanol–water partition coefficient (Wildman–Crippen LogP) is 19.4. The maximum absolute atomic E-state index is 10.4. The Labute approximate surface area is 419 Å². The minimum Gasteiger partial charge on any atom is -0.508 e. The van der Waals surface area contributed by atoms with E-state index in [4.69, 9.17) is 0 Å². The Morgan fingerprint density at radius 2 is 0.823 bits per heavy atom. The molecule has 5 heterocycles. The van der Waals surface area contributed by atoms with Crippen LogP contribution >= 0.6 is 106 Å². The van der Waals surface area contributed by atoms with Gasteiger partial charge in [0, 0.05) is 42.0 Å². The number of hydrogen-bond donors (Lipinski definition) is 2. The molecular formula is C50H80O2S10. The average Bonchev–Trinajstić information content (AvgIpc) is 3.70. The van der Waals surface area contributed by atoms with Crippen molar-refractivity contribution >= 4 is 106 Å². The molecule has 8 unspecified atom stereocenters. The zero-order valence-electron chi connectivity index (χ0n) is 39.2. The van der Waals surface area contributed by atoms with E-state index in [1.165, 1.54) is 127 Å². The van der Waals surface area contributed by atoms with E-state index in [1.807, 2.05) is 31.8 Å². The van der Waals surface area contributed by atoms with Crippen molar-refractivity contribution in [1.82, 2.24) is 0 Å². The van der Waals surface area contributed by atoms with E-state index in [9.17, 15) is 10.2 Å². The number of hydrogen-bond acceptors (Lipinski definition) is 12. The molecule has 2 nitrogen and oxygen atoms in total. The first-order valence-corrected chi connectivity index (χ1v) is 35.8. The second-order valence-corrected chi connectivity index (χ2v) is 35.1. The third-order valence-corrected chi connectivity index (χ3v) is 31.1. The number of phenols is 2. The molecule has 5 saturated heterocycles. The molecule has 0 aliphatic carbocycles. The van der Waals surface area contributed by atoms with Crippen molar-refractivity contribution in [3.05, 3.63) is 58.7 Å². The maximum atomic E-state index is 10.4. The van der Waals surface area contributed by atoms with E-state index in [0.717, 1.165) is 66.0 Å². The molecule has 2 aromatic carbocycles. The van der Waals surface area contributed by atoms with Gasteiger partial charge >= 0.3 is 0 Å². The van der Waals surface area contributed by atoms with Crippen molar-refractivity contribution in [3.63, 3.8) is 0 Å². The molecule has 0 radical (unpaired) electrons. The van der Waals surface area contributed by atoms with Gasteiger partial charge in [-0.3, -0.25) is 0 Å². The van der Waals surface area contributed by atoms with Crippen LogP contribution < -0.4 is 0 Å². The number of unbranched alkanes of at least 4 members (excludes halogenated alkanes) is 8. The minimum atomic E-state index is 0.000351. The molecule has 2 N–H and O–H groups in total. The van der Waals surface area contributed by atoms with Gasteiger partial charge in [-0.15, -0.1) is 0 Å². The van der Waals surface area contributed by atoms with Crippen LogP contribution in [-0.4, -0.2) is 52.2 Å². The summed E-state index contributed by atoms with van der Waals surface area (Å²) >= 11 is 2.30. The van der Waals surface area contributed by atoms with Crippen LogP contribution in [0.25, 0.3) is 0 Å². The second kappa shape index (κ2) is 28.3. The van der Waals surface area contributed by atoms with Crippen molar-refractivity contribution < 1.29 is 10.2 Å².